The summed E-state index contributed by atoms with van der Waals surface area (Å²) in [6, 6.07) is 6.52. The molecule has 0 aliphatic rings. The van der Waals surface area contributed by atoms with Crippen molar-refractivity contribution in [2.24, 2.45) is 8.80 Å². The van der Waals surface area contributed by atoms with E-state index in [2.05, 4.69) is 19.4 Å². The average molecular weight is 370 g/mol. The van der Waals surface area contributed by atoms with Gasteiger partial charge in [0.05, 0.1) is 0 Å². The number of hydrogen-bond acceptors (Lipinski definition) is 8. The van der Waals surface area contributed by atoms with Gasteiger partial charge < -0.3 is 8.37 Å². The van der Waals surface area contributed by atoms with E-state index in [4.69, 9.17) is 8.37 Å². The van der Waals surface area contributed by atoms with E-state index in [9.17, 15) is 9.59 Å². The number of benzene rings is 1. The Hall–Kier alpha value is -2.20. The molecule has 10 heteroatoms. The van der Waals surface area contributed by atoms with E-state index < -0.39 is 12.2 Å². The molecule has 0 fully saturated rings. The fourth-order valence-electron chi connectivity index (χ4n) is 1.21. The molecule has 0 heterocycles. The van der Waals surface area contributed by atoms with Crippen molar-refractivity contribution in [1.29, 1.82) is 0 Å². The maximum Gasteiger partial charge on any atom is 0.425 e. The summed E-state index contributed by atoms with van der Waals surface area (Å²) < 4.78 is 17.3. The lowest BCUT2D eigenvalue weighted by Gasteiger charge is -2.07. The summed E-state index contributed by atoms with van der Waals surface area (Å²) in [6.45, 7) is 7.14. The van der Waals surface area contributed by atoms with Crippen LogP contribution < -0.4 is 10.6 Å². The molecule has 0 saturated carbocycles. The lowest BCUT2D eigenvalue weighted by atomic mass is 10.3. The first kappa shape index (κ1) is 19.8. The second-order valence-electron chi connectivity index (χ2n) is 4.80. The molecule has 0 aliphatic carbocycles. The average Bonchev–Trinajstić information content (AvgIpc) is 2.46. The molecule has 130 valence electrons. The molecule has 2 amide bonds. The van der Waals surface area contributed by atoms with Crippen LogP contribution in [0.4, 0.5) is 21.0 Å². The zero-order valence-corrected chi connectivity index (χ0v) is 15.3. The van der Waals surface area contributed by atoms with Crippen LogP contribution >= 0.6 is 24.5 Å². The summed E-state index contributed by atoms with van der Waals surface area (Å²) in [6.07, 6.45) is -1.35. The monoisotopic (exact) mass is 370 g/mol. The first-order valence-corrected chi connectivity index (χ1v) is 8.18. The second kappa shape index (κ2) is 10.6. The van der Waals surface area contributed by atoms with Crippen LogP contribution in [0.5, 0.6) is 0 Å². The van der Waals surface area contributed by atoms with Crippen molar-refractivity contribution in [2.45, 2.75) is 27.7 Å². The first-order valence-electron chi connectivity index (χ1n) is 6.78. The zero-order valence-electron chi connectivity index (χ0n) is 13.7. The van der Waals surface area contributed by atoms with E-state index in [1.54, 1.807) is 52.0 Å². The maximum atomic E-state index is 11.6. The van der Waals surface area contributed by atoms with Gasteiger partial charge in [0.2, 0.25) is 24.5 Å². The Morgan fingerprint density at radius 3 is 1.67 bits per heavy atom. The summed E-state index contributed by atoms with van der Waals surface area (Å²) in [5, 5.41) is 5.03. The van der Waals surface area contributed by atoms with Crippen LogP contribution in [0, 0.1) is 0 Å². The van der Waals surface area contributed by atoms with Crippen LogP contribution in [0.2, 0.25) is 0 Å². The molecule has 0 aliphatic heterocycles. The fourth-order valence-corrected chi connectivity index (χ4v) is 1.80. The van der Waals surface area contributed by atoms with Gasteiger partial charge in [-0.05, 0) is 45.9 Å². The molecular formula is C14H18N4O4S2. The second-order valence-corrected chi connectivity index (χ2v) is 5.80. The first-order chi connectivity index (χ1) is 11.4. The molecule has 1 aromatic carbocycles. The van der Waals surface area contributed by atoms with Crippen LogP contribution in [0.3, 0.4) is 0 Å². The smallest absolute Gasteiger partial charge is 0.351 e. The van der Waals surface area contributed by atoms with Gasteiger partial charge in [0.1, 0.15) is 0 Å². The van der Waals surface area contributed by atoms with Gasteiger partial charge >= 0.3 is 12.2 Å². The molecule has 0 spiro atoms. The van der Waals surface area contributed by atoms with E-state index in [-0.39, 0.29) is 0 Å². The quantitative estimate of drug-likeness (QED) is 0.421. The Labute approximate surface area is 149 Å². The van der Waals surface area contributed by atoms with Gasteiger partial charge in [-0.15, -0.1) is 0 Å². The molecule has 0 unspecified atom stereocenters. The normalized spacial score (nSPS) is 9.50. The summed E-state index contributed by atoms with van der Waals surface area (Å²) in [4.78, 5) is 23.2. The number of anilines is 2. The minimum atomic E-state index is -0.673. The Bertz CT molecular complexity index is 590. The minimum Gasteiger partial charge on any atom is -0.351 e. The van der Waals surface area contributed by atoms with E-state index in [0.717, 1.165) is 11.4 Å². The van der Waals surface area contributed by atoms with Gasteiger partial charge in [0, 0.05) is 22.8 Å². The van der Waals surface area contributed by atoms with Crippen molar-refractivity contribution in [3.63, 3.8) is 0 Å². The molecule has 24 heavy (non-hydrogen) atoms. The molecule has 0 atom stereocenters. The predicted molar refractivity (Wildman–Crippen MR) is 99.4 cm³/mol. The summed E-state index contributed by atoms with van der Waals surface area (Å²) in [7, 11) is 0. The van der Waals surface area contributed by atoms with Crippen molar-refractivity contribution in [1.82, 2.24) is 0 Å². The highest BCUT2D eigenvalue weighted by Crippen LogP contribution is 2.17. The lowest BCUT2D eigenvalue weighted by Crippen LogP contribution is -2.12. The molecule has 2 N–H and O–H groups in total. The summed E-state index contributed by atoms with van der Waals surface area (Å²) in [5.74, 6) is 0. The fraction of sp³-hybridized carbons (Fsp3) is 0.286. The number of carbonyl (C=O) groups is 2. The molecule has 8 nitrogen and oxygen atoms in total. The van der Waals surface area contributed by atoms with Gasteiger partial charge in [0.25, 0.3) is 0 Å². The van der Waals surface area contributed by atoms with Crippen LogP contribution in [-0.4, -0.2) is 23.6 Å². The van der Waals surface area contributed by atoms with Gasteiger partial charge in [-0.25, -0.2) is 9.59 Å². The molecule has 0 aromatic heterocycles. The van der Waals surface area contributed by atoms with Crippen LogP contribution in [0.1, 0.15) is 27.7 Å². The van der Waals surface area contributed by atoms with Crippen molar-refractivity contribution in [3.8, 4) is 0 Å². The third-order valence-electron chi connectivity index (χ3n) is 2.02. The Morgan fingerprint density at radius 2 is 1.29 bits per heavy atom. The van der Waals surface area contributed by atoms with E-state index in [0.29, 0.717) is 35.8 Å². The van der Waals surface area contributed by atoms with Gasteiger partial charge in [0.15, 0.2) is 0 Å². The van der Waals surface area contributed by atoms with Crippen LogP contribution in [0.25, 0.3) is 0 Å². The highest BCUT2D eigenvalue weighted by atomic mass is 32.2. The van der Waals surface area contributed by atoms with Crippen LogP contribution in [0.15, 0.2) is 33.1 Å². The van der Waals surface area contributed by atoms with Crippen molar-refractivity contribution >= 4 is 59.4 Å². The lowest BCUT2D eigenvalue weighted by molar-refractivity contribution is 0.222. The molecule has 0 radical (unpaired) electrons. The highest BCUT2D eigenvalue weighted by Gasteiger charge is 2.07. The van der Waals surface area contributed by atoms with Crippen LogP contribution in [-0.2, 0) is 8.37 Å². The van der Waals surface area contributed by atoms with Crippen molar-refractivity contribution in [2.75, 3.05) is 10.6 Å². The molecule has 1 aromatic rings. The molecule has 0 saturated heterocycles. The van der Waals surface area contributed by atoms with Gasteiger partial charge in [-0.2, -0.15) is 8.80 Å². The Balaban J connectivity index is 2.51. The van der Waals surface area contributed by atoms with E-state index in [1.807, 2.05) is 0 Å². The SMILES string of the molecule is CC(C)=NSOC(=O)Nc1cccc(NC(=O)OSN=C(C)C)c1. The third kappa shape index (κ3) is 9.06. The molecule has 1 rings (SSSR count). The standard InChI is InChI=1S/C14H18N4O4S2/c1-9(2)17-23-21-13(19)15-11-6-5-7-12(8-11)16-14(20)22-24-18-10(3)4/h5-8H,1-4H3,(H,15,19)(H,16,20). The largest absolute Gasteiger partial charge is 0.425 e. The number of rotatable bonds is 6. The van der Waals surface area contributed by atoms with E-state index >= 15 is 0 Å². The van der Waals surface area contributed by atoms with Gasteiger partial charge in [-0.3, -0.25) is 10.6 Å². The third-order valence-corrected chi connectivity index (χ3v) is 3.35. The molecule has 0 bridgehead atoms. The van der Waals surface area contributed by atoms with Crippen molar-refractivity contribution < 1.29 is 18.0 Å². The zero-order chi connectivity index (χ0) is 17.9. The molecular weight excluding hydrogens is 352 g/mol. The van der Waals surface area contributed by atoms with Crippen molar-refractivity contribution in [3.05, 3.63) is 24.3 Å². The minimum absolute atomic E-state index is 0.450. The van der Waals surface area contributed by atoms with Gasteiger partial charge in [-0.1, -0.05) is 6.07 Å². The number of hydrogen-bond donors (Lipinski definition) is 2. The summed E-state index contributed by atoms with van der Waals surface area (Å²) in [5.41, 5.74) is 2.45. The predicted octanol–water partition coefficient (Wildman–Crippen LogP) is 4.87. The highest BCUT2D eigenvalue weighted by molar-refractivity contribution is 7.94. The Morgan fingerprint density at radius 1 is 0.875 bits per heavy atom. The Kier molecular flexibility index (Phi) is 8.72. The topological polar surface area (TPSA) is 101 Å². The number of carbonyl (C=O) groups excluding carboxylic acids is 2. The number of amides is 2. The van der Waals surface area contributed by atoms with E-state index in [1.165, 1.54) is 0 Å². The number of nitrogens with one attached hydrogen (secondary N) is 2. The summed E-state index contributed by atoms with van der Waals surface area (Å²) >= 11 is 1.37. The number of nitrogens with zero attached hydrogens (tertiary/aromatic N) is 2. The maximum absolute atomic E-state index is 11.6.